The van der Waals surface area contributed by atoms with E-state index in [1.54, 1.807) is 0 Å². The van der Waals surface area contributed by atoms with E-state index in [1.807, 2.05) is 0 Å². The lowest BCUT2D eigenvalue weighted by Crippen LogP contribution is -2.71. The van der Waals surface area contributed by atoms with Gasteiger partial charge in [-0.05, 0) is 81.7 Å². The van der Waals surface area contributed by atoms with E-state index in [9.17, 15) is 5.11 Å². The second-order valence-electron chi connectivity index (χ2n) is 7.48. The summed E-state index contributed by atoms with van der Waals surface area (Å²) in [5.41, 5.74) is 0.512. The van der Waals surface area contributed by atoms with E-state index in [1.165, 1.54) is 58.0 Å². The molecule has 2 saturated carbocycles. The van der Waals surface area contributed by atoms with Crippen molar-refractivity contribution in [1.29, 1.82) is 0 Å². The lowest BCUT2D eigenvalue weighted by Gasteiger charge is -2.67. The number of piperidine rings is 2. The lowest BCUT2D eigenvalue weighted by molar-refractivity contribution is -0.192. The number of aliphatic hydroxyl groups excluding tert-OH is 1. The van der Waals surface area contributed by atoms with Crippen LogP contribution >= 0.6 is 0 Å². The molecule has 0 amide bonds. The third kappa shape index (κ3) is 1.31. The van der Waals surface area contributed by atoms with Crippen LogP contribution in [0.15, 0.2) is 0 Å². The van der Waals surface area contributed by atoms with Crippen molar-refractivity contribution in [2.45, 2.75) is 63.5 Å². The molecule has 2 heteroatoms. The standard InChI is InChI=1S/C16H27NO/c1-11-10-16-12-4-2-8-17(16)9-3-5-14(16)13(7-6-12)15(11)18/h11-15,18H,2-10H2,1H3/t11-,12-,13-,14-,15+,16-/m1/s1. The quantitative estimate of drug-likeness (QED) is 0.713. The maximum atomic E-state index is 10.6. The third-order valence-corrected chi connectivity index (χ3v) is 6.90. The Hall–Kier alpha value is -0.0800. The van der Waals surface area contributed by atoms with Crippen LogP contribution in [0.1, 0.15) is 51.9 Å². The molecule has 0 aromatic rings. The van der Waals surface area contributed by atoms with Gasteiger partial charge in [0.15, 0.2) is 0 Å². The molecule has 4 fully saturated rings. The van der Waals surface area contributed by atoms with Gasteiger partial charge in [-0.3, -0.25) is 4.90 Å². The van der Waals surface area contributed by atoms with Crippen molar-refractivity contribution in [2.75, 3.05) is 13.1 Å². The molecule has 4 aliphatic rings. The number of hydrogen-bond acceptors (Lipinski definition) is 2. The Morgan fingerprint density at radius 1 is 1.06 bits per heavy atom. The highest BCUT2D eigenvalue weighted by Gasteiger charge is 2.61. The maximum Gasteiger partial charge on any atom is 0.0597 e. The lowest BCUT2D eigenvalue weighted by atomic mass is 9.48. The van der Waals surface area contributed by atoms with Crippen molar-refractivity contribution < 1.29 is 5.11 Å². The highest BCUT2D eigenvalue weighted by molar-refractivity contribution is 5.14. The minimum atomic E-state index is -0.0107. The summed E-state index contributed by atoms with van der Waals surface area (Å²) in [4.78, 5) is 2.86. The Balaban J connectivity index is 1.78. The number of nitrogens with zero attached hydrogens (tertiary/aromatic N) is 1. The van der Waals surface area contributed by atoms with Crippen molar-refractivity contribution in [3.63, 3.8) is 0 Å². The van der Waals surface area contributed by atoms with Gasteiger partial charge in [0.1, 0.15) is 0 Å². The first-order chi connectivity index (χ1) is 8.73. The molecule has 2 aliphatic heterocycles. The normalized spacial score (nSPS) is 56.0. The minimum Gasteiger partial charge on any atom is -0.393 e. The van der Waals surface area contributed by atoms with E-state index in [-0.39, 0.29) is 6.10 Å². The molecule has 4 rings (SSSR count). The van der Waals surface area contributed by atoms with Gasteiger partial charge < -0.3 is 5.11 Å². The van der Waals surface area contributed by atoms with E-state index < -0.39 is 0 Å². The van der Waals surface area contributed by atoms with Crippen LogP contribution in [0, 0.1) is 23.7 Å². The predicted molar refractivity (Wildman–Crippen MR) is 72.3 cm³/mol. The van der Waals surface area contributed by atoms with Gasteiger partial charge in [0, 0.05) is 5.54 Å². The van der Waals surface area contributed by atoms with Gasteiger partial charge in [-0.25, -0.2) is 0 Å². The Kier molecular flexibility index (Phi) is 2.58. The first-order valence-corrected chi connectivity index (χ1v) is 8.16. The van der Waals surface area contributed by atoms with Crippen LogP contribution in [0.4, 0.5) is 0 Å². The fourth-order valence-corrected chi connectivity index (χ4v) is 6.34. The molecule has 2 aliphatic carbocycles. The molecule has 1 N–H and O–H groups in total. The summed E-state index contributed by atoms with van der Waals surface area (Å²) < 4.78 is 0. The van der Waals surface area contributed by atoms with Gasteiger partial charge in [-0.15, -0.1) is 0 Å². The van der Waals surface area contributed by atoms with E-state index >= 15 is 0 Å². The number of hydrogen-bond donors (Lipinski definition) is 1. The number of aliphatic hydroxyl groups is 1. The van der Waals surface area contributed by atoms with Crippen LogP contribution in [0.2, 0.25) is 0 Å². The molecule has 102 valence electrons. The van der Waals surface area contributed by atoms with Gasteiger partial charge in [0.2, 0.25) is 0 Å². The van der Waals surface area contributed by atoms with Crippen LogP contribution in [0.3, 0.4) is 0 Å². The first kappa shape index (κ1) is 11.7. The molecule has 2 heterocycles. The molecule has 2 saturated heterocycles. The van der Waals surface area contributed by atoms with Gasteiger partial charge in [-0.2, -0.15) is 0 Å². The average molecular weight is 249 g/mol. The summed E-state index contributed by atoms with van der Waals surface area (Å²) in [7, 11) is 0. The molecular formula is C16H27NO. The highest BCUT2D eigenvalue weighted by Crippen LogP contribution is 2.60. The zero-order chi connectivity index (χ0) is 12.3. The average Bonchev–Trinajstić information content (AvgIpc) is 2.37. The largest absolute Gasteiger partial charge is 0.393 e. The van der Waals surface area contributed by atoms with E-state index in [4.69, 9.17) is 0 Å². The van der Waals surface area contributed by atoms with Crippen LogP contribution in [0.25, 0.3) is 0 Å². The summed E-state index contributed by atoms with van der Waals surface area (Å²) in [5, 5.41) is 10.6. The molecule has 0 unspecified atom stereocenters. The van der Waals surface area contributed by atoms with E-state index in [0.717, 1.165) is 11.8 Å². The molecular weight excluding hydrogens is 222 g/mol. The second-order valence-corrected chi connectivity index (χ2v) is 7.48. The summed E-state index contributed by atoms with van der Waals surface area (Å²) >= 11 is 0. The maximum absolute atomic E-state index is 10.6. The minimum absolute atomic E-state index is 0.0107. The van der Waals surface area contributed by atoms with Crippen LogP contribution < -0.4 is 0 Å². The van der Waals surface area contributed by atoms with Crippen molar-refractivity contribution in [2.24, 2.45) is 23.7 Å². The molecule has 6 atom stereocenters. The fourth-order valence-electron chi connectivity index (χ4n) is 6.34. The van der Waals surface area contributed by atoms with Gasteiger partial charge in [-0.1, -0.05) is 6.92 Å². The third-order valence-electron chi connectivity index (χ3n) is 6.90. The van der Waals surface area contributed by atoms with E-state index in [0.29, 0.717) is 17.4 Å². The van der Waals surface area contributed by atoms with Crippen LogP contribution in [-0.2, 0) is 0 Å². The molecule has 2 bridgehead atoms. The van der Waals surface area contributed by atoms with Crippen molar-refractivity contribution in [3.05, 3.63) is 0 Å². The van der Waals surface area contributed by atoms with Crippen molar-refractivity contribution in [1.82, 2.24) is 4.90 Å². The number of rotatable bonds is 0. The Bertz CT molecular complexity index is 331. The van der Waals surface area contributed by atoms with Gasteiger partial charge in [0.05, 0.1) is 6.10 Å². The fraction of sp³-hybridized carbons (Fsp3) is 1.00. The SMILES string of the molecule is C[C@@H]1C[C@]23[C@@H]4CCCN2CCC[C@@H]3[C@@H](CC4)[C@H]1O. The van der Waals surface area contributed by atoms with Gasteiger partial charge in [0.25, 0.3) is 0 Å². The zero-order valence-corrected chi connectivity index (χ0v) is 11.6. The first-order valence-electron chi connectivity index (χ1n) is 8.16. The molecule has 2 nitrogen and oxygen atoms in total. The van der Waals surface area contributed by atoms with Gasteiger partial charge >= 0.3 is 0 Å². The van der Waals surface area contributed by atoms with Crippen molar-refractivity contribution in [3.8, 4) is 0 Å². The molecule has 0 radical (unpaired) electrons. The summed E-state index contributed by atoms with van der Waals surface area (Å²) in [5.74, 6) is 2.90. The summed E-state index contributed by atoms with van der Waals surface area (Å²) in [6, 6.07) is 0. The summed E-state index contributed by atoms with van der Waals surface area (Å²) in [6.45, 7) is 4.97. The Morgan fingerprint density at radius 3 is 2.67 bits per heavy atom. The molecule has 0 aromatic carbocycles. The van der Waals surface area contributed by atoms with Crippen molar-refractivity contribution >= 4 is 0 Å². The smallest absolute Gasteiger partial charge is 0.0597 e. The van der Waals surface area contributed by atoms with Crippen LogP contribution in [0.5, 0.6) is 0 Å². The highest BCUT2D eigenvalue weighted by atomic mass is 16.3. The second kappa shape index (κ2) is 3.96. The topological polar surface area (TPSA) is 23.5 Å². The monoisotopic (exact) mass is 249 g/mol. The molecule has 0 aromatic heterocycles. The van der Waals surface area contributed by atoms with Crippen LogP contribution in [-0.4, -0.2) is 34.7 Å². The summed E-state index contributed by atoms with van der Waals surface area (Å²) in [6.07, 6.45) is 9.60. The zero-order valence-electron chi connectivity index (χ0n) is 11.6. The molecule has 18 heavy (non-hydrogen) atoms. The Labute approximate surface area is 111 Å². The Morgan fingerprint density at radius 2 is 1.83 bits per heavy atom. The molecule has 1 spiro atoms. The van der Waals surface area contributed by atoms with E-state index in [2.05, 4.69) is 11.8 Å². The predicted octanol–water partition coefficient (Wildman–Crippen LogP) is 2.66.